The molecule has 1 unspecified atom stereocenters. The summed E-state index contributed by atoms with van der Waals surface area (Å²) in [6, 6.07) is 8.19. The van der Waals surface area contributed by atoms with E-state index in [1.54, 1.807) is 7.11 Å². The van der Waals surface area contributed by atoms with Crippen molar-refractivity contribution in [3.8, 4) is 0 Å². The molecule has 1 atom stereocenters. The Morgan fingerprint density at radius 2 is 2.27 bits per heavy atom. The van der Waals surface area contributed by atoms with Gasteiger partial charge in [0.1, 0.15) is 0 Å². The molecule has 0 spiro atoms. The zero-order chi connectivity index (χ0) is 10.7. The molecule has 0 fully saturated rings. The van der Waals surface area contributed by atoms with Crippen LogP contribution < -0.4 is 5.73 Å². The number of methoxy groups -OCH3 is 1. The van der Waals surface area contributed by atoms with Crippen LogP contribution in [-0.2, 0) is 4.74 Å². The van der Waals surface area contributed by atoms with E-state index in [4.69, 9.17) is 10.5 Å². The van der Waals surface area contributed by atoms with Crippen LogP contribution in [0.3, 0.4) is 0 Å². The molecular formula is C11H15N3O. The zero-order valence-electron chi connectivity index (χ0n) is 8.76. The van der Waals surface area contributed by atoms with Gasteiger partial charge in [-0.3, -0.25) is 4.68 Å². The van der Waals surface area contributed by atoms with E-state index in [1.807, 2.05) is 35.1 Å². The van der Waals surface area contributed by atoms with Gasteiger partial charge in [0.05, 0.1) is 24.4 Å². The molecule has 0 amide bonds. The smallest absolute Gasteiger partial charge is 0.0881 e. The first-order chi connectivity index (χ1) is 7.36. The van der Waals surface area contributed by atoms with E-state index in [0.29, 0.717) is 13.2 Å². The molecule has 0 saturated carbocycles. The van der Waals surface area contributed by atoms with E-state index in [9.17, 15) is 0 Å². The van der Waals surface area contributed by atoms with Gasteiger partial charge in [0.25, 0.3) is 0 Å². The van der Waals surface area contributed by atoms with Crippen molar-refractivity contribution in [3.05, 3.63) is 30.5 Å². The number of rotatable bonds is 4. The van der Waals surface area contributed by atoms with Crippen molar-refractivity contribution in [2.45, 2.75) is 6.04 Å². The summed E-state index contributed by atoms with van der Waals surface area (Å²) in [6.07, 6.45) is 1.85. The molecule has 2 N–H and O–H groups in total. The lowest BCUT2D eigenvalue weighted by atomic mass is 10.2. The summed E-state index contributed by atoms with van der Waals surface area (Å²) in [4.78, 5) is 0. The third-order valence-corrected chi connectivity index (χ3v) is 2.48. The molecule has 1 aromatic carbocycles. The summed E-state index contributed by atoms with van der Waals surface area (Å²) in [6.45, 7) is 1.11. The van der Waals surface area contributed by atoms with Crippen LogP contribution in [0.25, 0.3) is 10.9 Å². The van der Waals surface area contributed by atoms with E-state index < -0.39 is 0 Å². The van der Waals surface area contributed by atoms with Crippen molar-refractivity contribution in [1.29, 1.82) is 0 Å². The van der Waals surface area contributed by atoms with Crippen LogP contribution in [0.2, 0.25) is 0 Å². The second-order valence-electron chi connectivity index (χ2n) is 3.49. The number of hydrogen-bond donors (Lipinski definition) is 1. The molecule has 0 saturated heterocycles. The van der Waals surface area contributed by atoms with E-state index in [-0.39, 0.29) is 6.04 Å². The number of aromatic nitrogens is 2. The maximum atomic E-state index is 5.70. The molecule has 2 aromatic rings. The summed E-state index contributed by atoms with van der Waals surface area (Å²) in [5, 5.41) is 5.47. The van der Waals surface area contributed by atoms with Gasteiger partial charge in [0.15, 0.2) is 0 Å². The van der Waals surface area contributed by atoms with E-state index in [1.165, 1.54) is 0 Å². The first-order valence-electron chi connectivity index (χ1n) is 4.98. The third kappa shape index (κ3) is 1.86. The Morgan fingerprint density at radius 3 is 3.00 bits per heavy atom. The fourth-order valence-corrected chi connectivity index (χ4v) is 1.71. The third-order valence-electron chi connectivity index (χ3n) is 2.48. The molecule has 15 heavy (non-hydrogen) atoms. The molecule has 80 valence electrons. The summed E-state index contributed by atoms with van der Waals surface area (Å²) < 4.78 is 7.06. The quantitative estimate of drug-likeness (QED) is 0.815. The number of para-hydroxylation sites is 1. The van der Waals surface area contributed by atoms with Crippen LogP contribution in [0.4, 0.5) is 0 Å². The Labute approximate surface area is 88.6 Å². The van der Waals surface area contributed by atoms with Crippen LogP contribution in [0.1, 0.15) is 6.04 Å². The van der Waals surface area contributed by atoms with Gasteiger partial charge in [0, 0.05) is 19.0 Å². The highest BCUT2D eigenvalue weighted by molar-refractivity contribution is 5.78. The molecule has 1 aromatic heterocycles. The number of fused-ring (bicyclic) bond motifs is 1. The van der Waals surface area contributed by atoms with Gasteiger partial charge < -0.3 is 10.5 Å². The molecule has 0 aliphatic heterocycles. The van der Waals surface area contributed by atoms with Gasteiger partial charge >= 0.3 is 0 Å². The number of nitrogens with two attached hydrogens (primary N) is 1. The molecule has 4 nitrogen and oxygen atoms in total. The second kappa shape index (κ2) is 4.42. The minimum atomic E-state index is 0.106. The van der Waals surface area contributed by atoms with Crippen molar-refractivity contribution in [2.75, 3.05) is 20.3 Å². The van der Waals surface area contributed by atoms with Gasteiger partial charge in [-0.2, -0.15) is 5.10 Å². The second-order valence-corrected chi connectivity index (χ2v) is 3.49. The first kappa shape index (κ1) is 10.1. The maximum Gasteiger partial charge on any atom is 0.0881 e. The van der Waals surface area contributed by atoms with Gasteiger partial charge in [-0.05, 0) is 6.07 Å². The highest BCUT2D eigenvalue weighted by atomic mass is 16.5. The molecule has 0 bridgehead atoms. The number of hydrogen-bond acceptors (Lipinski definition) is 3. The Morgan fingerprint density at radius 1 is 1.47 bits per heavy atom. The van der Waals surface area contributed by atoms with Gasteiger partial charge in [-0.1, -0.05) is 18.2 Å². The SMILES string of the molecule is COCC(CN)n1ncc2ccccc21. The summed E-state index contributed by atoms with van der Waals surface area (Å²) in [7, 11) is 1.67. The minimum absolute atomic E-state index is 0.106. The average Bonchev–Trinajstić information content (AvgIpc) is 2.70. The van der Waals surface area contributed by atoms with Crippen LogP contribution in [0.15, 0.2) is 30.5 Å². The zero-order valence-corrected chi connectivity index (χ0v) is 8.76. The largest absolute Gasteiger partial charge is 0.382 e. The molecular weight excluding hydrogens is 190 g/mol. The van der Waals surface area contributed by atoms with E-state index in [2.05, 4.69) is 5.10 Å². The Balaban J connectivity index is 2.41. The number of benzene rings is 1. The van der Waals surface area contributed by atoms with Crippen molar-refractivity contribution < 1.29 is 4.74 Å². The standard InChI is InChI=1S/C11H15N3O/c1-15-8-10(6-12)14-11-5-3-2-4-9(11)7-13-14/h2-5,7,10H,6,8,12H2,1H3. The van der Waals surface area contributed by atoms with Gasteiger partial charge in [-0.15, -0.1) is 0 Å². The molecule has 0 aliphatic rings. The highest BCUT2D eigenvalue weighted by Crippen LogP contribution is 2.16. The van der Waals surface area contributed by atoms with Gasteiger partial charge in [0.2, 0.25) is 0 Å². The topological polar surface area (TPSA) is 53.1 Å². The van der Waals surface area contributed by atoms with Crippen molar-refractivity contribution in [2.24, 2.45) is 5.73 Å². The Kier molecular flexibility index (Phi) is 2.99. The number of ether oxygens (including phenoxy) is 1. The van der Waals surface area contributed by atoms with Crippen LogP contribution in [0, 0.1) is 0 Å². The molecule has 4 heteroatoms. The van der Waals surface area contributed by atoms with Crippen molar-refractivity contribution in [3.63, 3.8) is 0 Å². The predicted octanol–water partition coefficient (Wildman–Crippen LogP) is 1.18. The summed E-state index contributed by atoms with van der Waals surface area (Å²) in [5.74, 6) is 0. The van der Waals surface area contributed by atoms with Crippen molar-refractivity contribution in [1.82, 2.24) is 9.78 Å². The lowest BCUT2D eigenvalue weighted by Crippen LogP contribution is -2.24. The molecule has 0 radical (unpaired) electrons. The van der Waals surface area contributed by atoms with Crippen molar-refractivity contribution >= 4 is 10.9 Å². The van der Waals surface area contributed by atoms with Crippen LogP contribution in [-0.4, -0.2) is 30.0 Å². The fraction of sp³-hybridized carbons (Fsp3) is 0.364. The molecule has 2 rings (SSSR count). The van der Waals surface area contributed by atoms with Crippen LogP contribution >= 0.6 is 0 Å². The first-order valence-corrected chi connectivity index (χ1v) is 4.98. The normalized spacial score (nSPS) is 13.2. The molecule has 0 aliphatic carbocycles. The lowest BCUT2D eigenvalue weighted by Gasteiger charge is -2.15. The van der Waals surface area contributed by atoms with E-state index in [0.717, 1.165) is 10.9 Å². The minimum Gasteiger partial charge on any atom is -0.382 e. The Bertz CT molecular complexity index is 438. The lowest BCUT2D eigenvalue weighted by molar-refractivity contribution is 0.154. The number of nitrogens with zero attached hydrogens (tertiary/aromatic N) is 2. The summed E-state index contributed by atoms with van der Waals surface area (Å²) >= 11 is 0. The Hall–Kier alpha value is -1.39. The highest BCUT2D eigenvalue weighted by Gasteiger charge is 2.12. The monoisotopic (exact) mass is 205 g/mol. The predicted molar refractivity (Wildman–Crippen MR) is 59.7 cm³/mol. The summed E-state index contributed by atoms with van der Waals surface area (Å²) in [5.41, 5.74) is 6.80. The average molecular weight is 205 g/mol. The maximum absolute atomic E-state index is 5.70. The van der Waals surface area contributed by atoms with Gasteiger partial charge in [-0.25, -0.2) is 0 Å². The van der Waals surface area contributed by atoms with E-state index >= 15 is 0 Å². The molecule has 1 heterocycles. The fourth-order valence-electron chi connectivity index (χ4n) is 1.71. The van der Waals surface area contributed by atoms with Crippen LogP contribution in [0.5, 0.6) is 0 Å².